The van der Waals surface area contributed by atoms with Crippen LogP contribution in [0.5, 0.6) is 5.75 Å². The van der Waals surface area contributed by atoms with Gasteiger partial charge in [0.05, 0.1) is 12.8 Å². The van der Waals surface area contributed by atoms with Gasteiger partial charge in [-0.15, -0.1) is 0 Å². The van der Waals surface area contributed by atoms with E-state index in [-0.39, 0.29) is 0 Å². The fourth-order valence-electron chi connectivity index (χ4n) is 3.00. The van der Waals surface area contributed by atoms with E-state index in [9.17, 15) is 0 Å². The van der Waals surface area contributed by atoms with E-state index in [4.69, 9.17) is 9.47 Å². The van der Waals surface area contributed by atoms with Crippen molar-refractivity contribution < 1.29 is 9.47 Å². The van der Waals surface area contributed by atoms with E-state index < -0.39 is 0 Å². The molecule has 1 unspecified atom stereocenters. The van der Waals surface area contributed by atoms with Gasteiger partial charge in [0.25, 0.3) is 0 Å². The summed E-state index contributed by atoms with van der Waals surface area (Å²) >= 11 is 0. The summed E-state index contributed by atoms with van der Waals surface area (Å²) in [5.41, 5.74) is 1.16. The predicted molar refractivity (Wildman–Crippen MR) is 104 cm³/mol. The normalized spacial score (nSPS) is 17.6. The molecule has 140 valence electrons. The molecule has 0 radical (unpaired) electrons. The van der Waals surface area contributed by atoms with Crippen molar-refractivity contribution in [2.24, 2.45) is 4.99 Å². The Hall–Kier alpha value is -1.95. The molecule has 0 amide bonds. The van der Waals surface area contributed by atoms with Crippen LogP contribution >= 0.6 is 0 Å². The number of hydrogen-bond acceptors (Lipinski definition) is 4. The maximum atomic E-state index is 5.49. The molecule has 0 aromatic heterocycles. The van der Waals surface area contributed by atoms with Crippen molar-refractivity contribution in [3.05, 3.63) is 24.3 Å². The largest absolute Gasteiger partial charge is 0.495 e. The maximum Gasteiger partial charge on any atom is 0.191 e. The van der Waals surface area contributed by atoms with Crippen molar-refractivity contribution in [1.82, 2.24) is 10.6 Å². The lowest BCUT2D eigenvalue weighted by molar-refractivity contribution is 0.146. The van der Waals surface area contributed by atoms with E-state index in [1.54, 1.807) is 7.11 Å². The molecule has 2 rings (SSSR count). The number of hydrogen-bond donors (Lipinski definition) is 2. The number of guanidine groups is 1. The summed E-state index contributed by atoms with van der Waals surface area (Å²) in [6, 6.07) is 8.58. The first kappa shape index (κ1) is 19.4. The fourth-order valence-corrected chi connectivity index (χ4v) is 3.00. The Morgan fingerprint density at radius 2 is 2.16 bits per heavy atom. The van der Waals surface area contributed by atoms with Gasteiger partial charge in [0.15, 0.2) is 5.96 Å². The Morgan fingerprint density at radius 1 is 1.32 bits per heavy atom. The standard InChI is InChI=1S/C19H32N4O2/c1-4-20-19(21-12-8-14-25-5-2)22-16-11-13-23(15-16)17-9-6-7-10-18(17)24-3/h6-7,9-10,16H,4-5,8,11-15H2,1-3H3,(H2,20,21,22). The first-order chi connectivity index (χ1) is 12.3. The van der Waals surface area contributed by atoms with Gasteiger partial charge in [-0.1, -0.05) is 12.1 Å². The molecular formula is C19H32N4O2. The zero-order valence-corrected chi connectivity index (χ0v) is 15.8. The summed E-state index contributed by atoms with van der Waals surface area (Å²) < 4.78 is 10.9. The van der Waals surface area contributed by atoms with Gasteiger partial charge in [-0.3, -0.25) is 4.99 Å². The highest BCUT2D eigenvalue weighted by Crippen LogP contribution is 2.30. The summed E-state index contributed by atoms with van der Waals surface area (Å²) in [5, 5.41) is 6.89. The van der Waals surface area contributed by atoms with Crippen LogP contribution < -0.4 is 20.3 Å². The molecule has 0 bridgehead atoms. The second-order valence-electron chi connectivity index (χ2n) is 6.06. The number of para-hydroxylation sites is 2. The minimum atomic E-state index is 0.384. The molecule has 1 fully saturated rings. The van der Waals surface area contributed by atoms with Gasteiger partial charge in [-0.25, -0.2) is 0 Å². The predicted octanol–water partition coefficient (Wildman–Crippen LogP) is 2.26. The number of rotatable bonds is 9. The Morgan fingerprint density at radius 3 is 2.92 bits per heavy atom. The molecule has 1 heterocycles. The van der Waals surface area contributed by atoms with E-state index in [1.165, 1.54) is 0 Å². The van der Waals surface area contributed by atoms with Crippen LogP contribution in [0.3, 0.4) is 0 Å². The summed E-state index contributed by atoms with van der Waals surface area (Å²) in [5.74, 6) is 1.82. The summed E-state index contributed by atoms with van der Waals surface area (Å²) in [6.07, 6.45) is 2.03. The van der Waals surface area contributed by atoms with Crippen molar-refractivity contribution in [2.75, 3.05) is 51.4 Å². The van der Waals surface area contributed by atoms with Crippen molar-refractivity contribution in [2.45, 2.75) is 32.7 Å². The zero-order valence-electron chi connectivity index (χ0n) is 15.8. The van der Waals surface area contributed by atoms with E-state index in [0.29, 0.717) is 6.04 Å². The lowest BCUT2D eigenvalue weighted by Gasteiger charge is -2.22. The number of nitrogens with one attached hydrogen (secondary N) is 2. The highest BCUT2D eigenvalue weighted by atomic mass is 16.5. The Kier molecular flexibility index (Phi) is 8.39. The highest BCUT2D eigenvalue weighted by Gasteiger charge is 2.25. The lowest BCUT2D eigenvalue weighted by atomic mass is 10.2. The molecule has 2 N–H and O–H groups in total. The Balaban J connectivity index is 1.87. The van der Waals surface area contributed by atoms with Crippen LogP contribution in [0.25, 0.3) is 0 Å². The van der Waals surface area contributed by atoms with Crippen molar-refractivity contribution in [3.8, 4) is 5.75 Å². The summed E-state index contributed by atoms with van der Waals surface area (Å²) in [7, 11) is 1.73. The number of methoxy groups -OCH3 is 1. The maximum absolute atomic E-state index is 5.49. The van der Waals surface area contributed by atoms with Gasteiger partial charge >= 0.3 is 0 Å². The van der Waals surface area contributed by atoms with Gasteiger partial charge in [0.1, 0.15) is 5.75 Å². The second-order valence-corrected chi connectivity index (χ2v) is 6.06. The average Bonchev–Trinajstić information content (AvgIpc) is 3.10. The van der Waals surface area contributed by atoms with E-state index in [2.05, 4.69) is 39.6 Å². The first-order valence-electron chi connectivity index (χ1n) is 9.29. The molecule has 1 atom stereocenters. The smallest absolute Gasteiger partial charge is 0.191 e. The molecule has 0 aliphatic carbocycles. The average molecular weight is 348 g/mol. The van der Waals surface area contributed by atoms with Crippen LogP contribution in [0, 0.1) is 0 Å². The first-order valence-corrected chi connectivity index (χ1v) is 9.29. The topological polar surface area (TPSA) is 58.1 Å². The monoisotopic (exact) mass is 348 g/mol. The third-order valence-corrected chi connectivity index (χ3v) is 4.22. The van der Waals surface area contributed by atoms with Gasteiger partial charge in [0, 0.05) is 45.4 Å². The summed E-state index contributed by atoms with van der Waals surface area (Å²) in [4.78, 5) is 7.02. The molecule has 1 aromatic carbocycles. The number of benzene rings is 1. The van der Waals surface area contributed by atoms with E-state index in [0.717, 1.165) is 69.6 Å². The van der Waals surface area contributed by atoms with Crippen LogP contribution in [-0.2, 0) is 4.74 Å². The lowest BCUT2D eigenvalue weighted by Crippen LogP contribution is -2.44. The minimum absolute atomic E-state index is 0.384. The molecule has 1 aliphatic rings. The van der Waals surface area contributed by atoms with Crippen LogP contribution in [0.4, 0.5) is 5.69 Å². The van der Waals surface area contributed by atoms with Crippen molar-refractivity contribution in [1.29, 1.82) is 0 Å². The third-order valence-electron chi connectivity index (χ3n) is 4.22. The van der Waals surface area contributed by atoms with Gasteiger partial charge in [-0.05, 0) is 38.8 Å². The number of nitrogens with zero attached hydrogens (tertiary/aromatic N) is 2. The van der Waals surface area contributed by atoms with E-state index in [1.807, 2.05) is 19.1 Å². The third kappa shape index (κ3) is 6.12. The molecule has 6 nitrogen and oxygen atoms in total. The molecule has 0 spiro atoms. The number of ether oxygens (including phenoxy) is 2. The number of aliphatic imine (C=N–C) groups is 1. The van der Waals surface area contributed by atoms with Crippen molar-refractivity contribution in [3.63, 3.8) is 0 Å². The molecule has 6 heteroatoms. The number of anilines is 1. The van der Waals surface area contributed by atoms with Crippen LogP contribution in [0.15, 0.2) is 29.3 Å². The quantitative estimate of drug-likeness (QED) is 0.407. The Bertz CT molecular complexity index is 536. The molecule has 1 aliphatic heterocycles. The molecule has 0 saturated carbocycles. The Labute approximate surface area is 151 Å². The van der Waals surface area contributed by atoms with E-state index >= 15 is 0 Å². The van der Waals surface area contributed by atoms with Crippen LogP contribution in [0.2, 0.25) is 0 Å². The zero-order chi connectivity index (χ0) is 17.9. The highest BCUT2D eigenvalue weighted by molar-refractivity contribution is 5.80. The van der Waals surface area contributed by atoms with Crippen LogP contribution in [0.1, 0.15) is 26.7 Å². The van der Waals surface area contributed by atoms with Gasteiger partial charge < -0.3 is 25.0 Å². The minimum Gasteiger partial charge on any atom is -0.495 e. The molecule has 1 aromatic rings. The molecule has 25 heavy (non-hydrogen) atoms. The van der Waals surface area contributed by atoms with Gasteiger partial charge in [-0.2, -0.15) is 0 Å². The summed E-state index contributed by atoms with van der Waals surface area (Å²) in [6.45, 7) is 9.24. The fraction of sp³-hybridized carbons (Fsp3) is 0.632. The second kappa shape index (κ2) is 10.8. The van der Waals surface area contributed by atoms with Crippen LogP contribution in [-0.4, -0.2) is 58.5 Å². The molecule has 1 saturated heterocycles. The molecular weight excluding hydrogens is 316 g/mol. The SMILES string of the molecule is CCNC(=NCCCOCC)NC1CCN(c2ccccc2OC)C1. The van der Waals surface area contributed by atoms with Gasteiger partial charge in [0.2, 0.25) is 0 Å². The van der Waals surface area contributed by atoms with Crippen molar-refractivity contribution >= 4 is 11.6 Å².